The summed E-state index contributed by atoms with van der Waals surface area (Å²) in [5.74, 6) is -1.35. The Labute approximate surface area is 136 Å². The SMILES string of the molecule is CCNC(=O)CCCC(=O)N(CCc1ccccc1)CC(=O)O. The van der Waals surface area contributed by atoms with Crippen molar-refractivity contribution in [3.63, 3.8) is 0 Å². The van der Waals surface area contributed by atoms with Crippen molar-refractivity contribution in [3.8, 4) is 0 Å². The Morgan fingerprint density at radius 2 is 1.83 bits per heavy atom. The molecule has 0 fully saturated rings. The van der Waals surface area contributed by atoms with Crippen LogP contribution in [0.15, 0.2) is 30.3 Å². The highest BCUT2D eigenvalue weighted by Crippen LogP contribution is 2.05. The van der Waals surface area contributed by atoms with Gasteiger partial charge in [0.25, 0.3) is 0 Å². The first-order chi connectivity index (χ1) is 11.0. The van der Waals surface area contributed by atoms with Crippen LogP contribution >= 0.6 is 0 Å². The molecule has 6 heteroatoms. The summed E-state index contributed by atoms with van der Waals surface area (Å²) in [6.45, 7) is 2.44. The van der Waals surface area contributed by atoms with E-state index in [1.54, 1.807) is 0 Å². The Morgan fingerprint density at radius 3 is 2.43 bits per heavy atom. The molecule has 0 atom stereocenters. The summed E-state index contributed by atoms with van der Waals surface area (Å²) < 4.78 is 0. The maximum atomic E-state index is 12.2. The largest absolute Gasteiger partial charge is 0.480 e. The first kappa shape index (κ1) is 18.7. The fourth-order valence-corrected chi connectivity index (χ4v) is 2.21. The number of carboxylic acid groups (broad SMARTS) is 1. The predicted molar refractivity (Wildman–Crippen MR) is 86.9 cm³/mol. The van der Waals surface area contributed by atoms with Gasteiger partial charge in [0.1, 0.15) is 6.54 Å². The number of hydrogen-bond acceptors (Lipinski definition) is 3. The lowest BCUT2D eigenvalue weighted by atomic mass is 10.1. The van der Waals surface area contributed by atoms with Crippen LogP contribution in [0.5, 0.6) is 0 Å². The molecule has 23 heavy (non-hydrogen) atoms. The van der Waals surface area contributed by atoms with Crippen molar-refractivity contribution in [1.82, 2.24) is 10.2 Å². The van der Waals surface area contributed by atoms with E-state index in [9.17, 15) is 14.4 Å². The first-order valence-corrected chi connectivity index (χ1v) is 7.83. The minimum Gasteiger partial charge on any atom is -0.480 e. The van der Waals surface area contributed by atoms with Crippen molar-refractivity contribution in [3.05, 3.63) is 35.9 Å². The van der Waals surface area contributed by atoms with E-state index in [2.05, 4.69) is 5.32 Å². The molecule has 2 amide bonds. The number of nitrogens with zero attached hydrogens (tertiary/aromatic N) is 1. The molecule has 0 bridgehead atoms. The minimum atomic E-state index is -1.03. The second-order valence-electron chi connectivity index (χ2n) is 5.25. The van der Waals surface area contributed by atoms with Crippen molar-refractivity contribution < 1.29 is 19.5 Å². The second kappa shape index (κ2) is 10.4. The first-order valence-electron chi connectivity index (χ1n) is 7.83. The van der Waals surface area contributed by atoms with E-state index in [1.165, 1.54) is 4.90 Å². The summed E-state index contributed by atoms with van der Waals surface area (Å²) in [5.41, 5.74) is 1.05. The number of rotatable bonds is 10. The van der Waals surface area contributed by atoms with Gasteiger partial charge < -0.3 is 15.3 Å². The number of nitrogens with one attached hydrogen (secondary N) is 1. The van der Waals surface area contributed by atoms with Crippen LogP contribution in [0.25, 0.3) is 0 Å². The van der Waals surface area contributed by atoms with Crippen LogP contribution in [-0.4, -0.2) is 47.4 Å². The van der Waals surface area contributed by atoms with Crippen LogP contribution in [0.4, 0.5) is 0 Å². The summed E-state index contributed by atoms with van der Waals surface area (Å²) >= 11 is 0. The van der Waals surface area contributed by atoms with E-state index >= 15 is 0 Å². The van der Waals surface area contributed by atoms with E-state index in [4.69, 9.17) is 5.11 Å². The average Bonchev–Trinajstić information content (AvgIpc) is 2.52. The molecule has 6 nitrogen and oxygen atoms in total. The zero-order chi connectivity index (χ0) is 17.1. The van der Waals surface area contributed by atoms with E-state index in [0.29, 0.717) is 25.9 Å². The highest BCUT2D eigenvalue weighted by molar-refractivity contribution is 5.82. The summed E-state index contributed by atoms with van der Waals surface area (Å²) in [6.07, 6.45) is 1.49. The molecule has 1 aromatic carbocycles. The van der Waals surface area contributed by atoms with Gasteiger partial charge in [0.05, 0.1) is 0 Å². The summed E-state index contributed by atoms with van der Waals surface area (Å²) in [4.78, 5) is 35.8. The molecule has 0 aromatic heterocycles. The predicted octanol–water partition coefficient (Wildman–Crippen LogP) is 1.45. The molecule has 0 unspecified atom stereocenters. The maximum Gasteiger partial charge on any atom is 0.323 e. The molecule has 0 saturated carbocycles. The van der Waals surface area contributed by atoms with Crippen molar-refractivity contribution in [1.29, 1.82) is 0 Å². The van der Waals surface area contributed by atoms with Crippen molar-refractivity contribution in [2.24, 2.45) is 0 Å². The van der Waals surface area contributed by atoms with Gasteiger partial charge in [-0.15, -0.1) is 0 Å². The summed E-state index contributed by atoms with van der Waals surface area (Å²) in [6, 6.07) is 9.61. The standard InChI is InChI=1S/C17H24N2O4/c1-2-18-15(20)9-6-10-16(21)19(13-17(22)23)12-11-14-7-4-3-5-8-14/h3-5,7-8H,2,6,9-13H2,1H3,(H,18,20)(H,22,23). The third kappa shape index (κ3) is 7.99. The fraction of sp³-hybridized carbons (Fsp3) is 0.471. The lowest BCUT2D eigenvalue weighted by Gasteiger charge is -2.20. The van der Waals surface area contributed by atoms with E-state index in [-0.39, 0.29) is 31.2 Å². The second-order valence-corrected chi connectivity index (χ2v) is 5.25. The third-order valence-corrected chi connectivity index (χ3v) is 3.36. The third-order valence-electron chi connectivity index (χ3n) is 3.36. The Kier molecular flexibility index (Phi) is 8.42. The zero-order valence-electron chi connectivity index (χ0n) is 13.5. The van der Waals surface area contributed by atoms with Gasteiger partial charge >= 0.3 is 5.97 Å². The van der Waals surface area contributed by atoms with E-state index in [1.807, 2.05) is 37.3 Å². The molecule has 0 radical (unpaired) electrons. The van der Waals surface area contributed by atoms with Crippen molar-refractivity contribution in [2.45, 2.75) is 32.6 Å². The van der Waals surface area contributed by atoms with Gasteiger partial charge in [-0.05, 0) is 25.3 Å². The zero-order valence-corrected chi connectivity index (χ0v) is 13.5. The summed E-state index contributed by atoms with van der Waals surface area (Å²) in [5, 5.41) is 11.6. The Morgan fingerprint density at radius 1 is 1.13 bits per heavy atom. The van der Waals surface area contributed by atoms with Gasteiger partial charge in [-0.25, -0.2) is 0 Å². The highest BCUT2D eigenvalue weighted by atomic mass is 16.4. The molecular formula is C17H24N2O4. The molecule has 0 aliphatic carbocycles. The molecule has 0 saturated heterocycles. The molecule has 1 aromatic rings. The van der Waals surface area contributed by atoms with E-state index in [0.717, 1.165) is 5.56 Å². The van der Waals surface area contributed by atoms with Crippen LogP contribution in [0.1, 0.15) is 31.7 Å². The molecular weight excluding hydrogens is 296 g/mol. The molecule has 126 valence electrons. The van der Waals surface area contributed by atoms with E-state index < -0.39 is 5.97 Å². The Balaban J connectivity index is 2.47. The van der Waals surface area contributed by atoms with Crippen molar-refractivity contribution >= 4 is 17.8 Å². The van der Waals surface area contributed by atoms with Gasteiger partial charge in [0.2, 0.25) is 11.8 Å². The number of carboxylic acids is 1. The quantitative estimate of drug-likeness (QED) is 0.683. The topological polar surface area (TPSA) is 86.7 Å². The van der Waals surface area contributed by atoms with Gasteiger partial charge in [0, 0.05) is 25.9 Å². The van der Waals surface area contributed by atoms with Crippen molar-refractivity contribution in [2.75, 3.05) is 19.6 Å². The fourth-order valence-electron chi connectivity index (χ4n) is 2.21. The molecule has 1 rings (SSSR count). The Hall–Kier alpha value is -2.37. The molecule has 0 aliphatic rings. The average molecular weight is 320 g/mol. The number of carbonyl (C=O) groups is 3. The smallest absolute Gasteiger partial charge is 0.323 e. The minimum absolute atomic E-state index is 0.0885. The monoisotopic (exact) mass is 320 g/mol. The van der Waals surface area contributed by atoms with Crippen LogP contribution in [0.2, 0.25) is 0 Å². The highest BCUT2D eigenvalue weighted by Gasteiger charge is 2.16. The van der Waals surface area contributed by atoms with Gasteiger partial charge in [-0.1, -0.05) is 30.3 Å². The molecule has 0 aliphatic heterocycles. The molecule has 0 heterocycles. The molecule has 2 N–H and O–H groups in total. The van der Waals surface area contributed by atoms with Crippen LogP contribution < -0.4 is 5.32 Å². The Bertz CT molecular complexity index is 517. The number of aliphatic carboxylic acids is 1. The number of amides is 2. The number of carbonyl (C=O) groups excluding carboxylic acids is 2. The lowest BCUT2D eigenvalue weighted by molar-refractivity contribution is -0.144. The van der Waals surface area contributed by atoms with Gasteiger partial charge in [-0.2, -0.15) is 0 Å². The maximum absolute atomic E-state index is 12.2. The van der Waals surface area contributed by atoms with Gasteiger partial charge in [0.15, 0.2) is 0 Å². The van der Waals surface area contributed by atoms with Gasteiger partial charge in [-0.3, -0.25) is 14.4 Å². The molecule has 0 spiro atoms. The normalized spacial score (nSPS) is 10.1. The summed E-state index contributed by atoms with van der Waals surface area (Å²) in [7, 11) is 0. The van der Waals surface area contributed by atoms with Crippen LogP contribution in [0, 0.1) is 0 Å². The lowest BCUT2D eigenvalue weighted by Crippen LogP contribution is -2.37. The van der Waals surface area contributed by atoms with Crippen LogP contribution in [0.3, 0.4) is 0 Å². The van der Waals surface area contributed by atoms with Crippen LogP contribution in [-0.2, 0) is 20.8 Å². The number of hydrogen-bond donors (Lipinski definition) is 2. The number of benzene rings is 1.